The number of halogens is 2. The van der Waals surface area contributed by atoms with Crippen molar-refractivity contribution in [2.24, 2.45) is 0 Å². The second-order valence-corrected chi connectivity index (χ2v) is 12.2. The molecule has 6 rings (SSSR count). The third kappa shape index (κ3) is 5.59. The number of piperidine rings is 1. The van der Waals surface area contributed by atoms with E-state index in [1.807, 2.05) is 19.1 Å². The van der Waals surface area contributed by atoms with Gasteiger partial charge in [0.05, 0.1) is 36.3 Å². The zero-order valence-electron chi connectivity index (χ0n) is 23.5. The number of nitrogens with one attached hydrogen (secondary N) is 1. The highest BCUT2D eigenvalue weighted by atomic mass is 35.5. The lowest BCUT2D eigenvalue weighted by Gasteiger charge is -2.38. The molecule has 0 aliphatic carbocycles. The molecule has 0 bridgehead atoms. The van der Waals surface area contributed by atoms with Gasteiger partial charge in [-0.1, -0.05) is 35.3 Å². The van der Waals surface area contributed by atoms with Crippen LogP contribution in [-0.2, 0) is 11.3 Å². The number of hydrogen-bond donors (Lipinski definition) is 2. The zero-order valence-corrected chi connectivity index (χ0v) is 25.0. The molecule has 4 aromatic rings. The Morgan fingerprint density at radius 1 is 1.17 bits per heavy atom. The number of carbonyl (C=O) groups excluding carboxylic acids is 1. The Morgan fingerprint density at radius 2 is 1.95 bits per heavy atom. The van der Waals surface area contributed by atoms with Gasteiger partial charge in [0, 0.05) is 35.9 Å². The van der Waals surface area contributed by atoms with Gasteiger partial charge in [0.1, 0.15) is 11.5 Å². The van der Waals surface area contributed by atoms with E-state index in [1.165, 1.54) is 10.9 Å². The van der Waals surface area contributed by atoms with Crippen molar-refractivity contribution in [1.29, 1.82) is 0 Å². The van der Waals surface area contributed by atoms with Crippen molar-refractivity contribution in [3.63, 3.8) is 0 Å². The number of rotatable bonds is 5. The molecule has 0 unspecified atom stereocenters. The minimum Gasteiger partial charge on any atom is -0.388 e. The predicted octanol–water partition coefficient (Wildman–Crippen LogP) is 4.52. The molecule has 42 heavy (non-hydrogen) atoms. The van der Waals surface area contributed by atoms with E-state index in [4.69, 9.17) is 27.9 Å². The van der Waals surface area contributed by atoms with Crippen molar-refractivity contribution in [2.45, 2.75) is 51.0 Å². The summed E-state index contributed by atoms with van der Waals surface area (Å²) in [7, 11) is 0. The van der Waals surface area contributed by atoms with Gasteiger partial charge in [-0.3, -0.25) is 18.7 Å². The van der Waals surface area contributed by atoms with E-state index >= 15 is 0 Å². The smallest absolute Gasteiger partial charge is 0.262 e. The minimum atomic E-state index is -1.15. The number of nitrogens with zero attached hydrogens (tertiary/aromatic N) is 4. The van der Waals surface area contributed by atoms with Gasteiger partial charge in [-0.25, -0.2) is 4.98 Å². The summed E-state index contributed by atoms with van der Waals surface area (Å²) in [5.74, 6) is -0.128. The molecule has 1 amide bonds. The van der Waals surface area contributed by atoms with E-state index < -0.39 is 5.60 Å². The van der Waals surface area contributed by atoms with E-state index in [1.54, 1.807) is 39.8 Å². The number of aryl methyl sites for hydroxylation is 1. The van der Waals surface area contributed by atoms with Crippen LogP contribution in [-0.4, -0.2) is 68.0 Å². The second kappa shape index (κ2) is 11.5. The van der Waals surface area contributed by atoms with Crippen LogP contribution in [0.1, 0.15) is 47.3 Å². The highest BCUT2D eigenvalue weighted by Crippen LogP contribution is 2.30. The second-order valence-electron chi connectivity index (χ2n) is 11.4. The molecule has 2 N–H and O–H groups in total. The molecule has 0 radical (unpaired) electrons. The number of benzene rings is 2. The van der Waals surface area contributed by atoms with E-state index in [0.29, 0.717) is 59.3 Å². The van der Waals surface area contributed by atoms with Gasteiger partial charge in [-0.2, -0.15) is 0 Å². The first-order valence-electron chi connectivity index (χ1n) is 14.1. The molecule has 4 heterocycles. The van der Waals surface area contributed by atoms with Crippen LogP contribution in [0.4, 0.5) is 0 Å². The molecule has 2 aliphatic heterocycles. The normalized spacial score (nSPS) is 20.6. The molecule has 11 heteroatoms. The largest absolute Gasteiger partial charge is 0.388 e. The van der Waals surface area contributed by atoms with Crippen LogP contribution in [0.15, 0.2) is 59.7 Å². The average molecular weight is 611 g/mol. The summed E-state index contributed by atoms with van der Waals surface area (Å²) in [5.41, 5.74) is 2.57. The molecular formula is C31H33Cl2N5O4. The molecule has 2 atom stereocenters. The highest BCUT2D eigenvalue weighted by Gasteiger charge is 2.35. The summed E-state index contributed by atoms with van der Waals surface area (Å²) in [5, 5.41) is 16.1. The van der Waals surface area contributed by atoms with Gasteiger partial charge < -0.3 is 20.1 Å². The highest BCUT2D eigenvalue weighted by molar-refractivity contribution is 6.31. The van der Waals surface area contributed by atoms with Crippen LogP contribution in [0.5, 0.6) is 0 Å². The van der Waals surface area contributed by atoms with Crippen LogP contribution in [0.2, 0.25) is 10.2 Å². The first-order chi connectivity index (χ1) is 20.1. The Morgan fingerprint density at radius 3 is 2.64 bits per heavy atom. The number of likely N-dealkylation sites (tertiary alicyclic amines) is 1. The summed E-state index contributed by atoms with van der Waals surface area (Å²) >= 11 is 12.7. The van der Waals surface area contributed by atoms with Crippen LogP contribution >= 0.6 is 23.2 Å². The summed E-state index contributed by atoms with van der Waals surface area (Å²) < 4.78 is 9.02. The van der Waals surface area contributed by atoms with Crippen molar-refractivity contribution >= 4 is 40.1 Å². The van der Waals surface area contributed by atoms with Crippen molar-refractivity contribution < 1.29 is 14.6 Å². The first-order valence-corrected chi connectivity index (χ1v) is 14.9. The summed E-state index contributed by atoms with van der Waals surface area (Å²) in [4.78, 5) is 32.7. The van der Waals surface area contributed by atoms with Crippen LogP contribution < -0.4 is 10.9 Å². The molecule has 2 aromatic heterocycles. The molecule has 9 nitrogen and oxygen atoms in total. The summed E-state index contributed by atoms with van der Waals surface area (Å²) in [6.07, 6.45) is 2.32. The molecule has 0 spiro atoms. The van der Waals surface area contributed by atoms with Gasteiger partial charge in [-0.15, -0.1) is 0 Å². The summed E-state index contributed by atoms with van der Waals surface area (Å²) in [6, 6.07) is 14.6. The Balaban J connectivity index is 1.20. The quantitative estimate of drug-likeness (QED) is 0.345. The lowest BCUT2D eigenvalue weighted by Crippen LogP contribution is -2.49. The zero-order chi connectivity index (χ0) is 29.6. The van der Waals surface area contributed by atoms with Gasteiger partial charge in [0.2, 0.25) is 0 Å². The van der Waals surface area contributed by atoms with Gasteiger partial charge in [0.25, 0.3) is 11.5 Å². The van der Waals surface area contributed by atoms with Gasteiger partial charge >= 0.3 is 0 Å². The van der Waals surface area contributed by atoms with Crippen molar-refractivity contribution in [3.8, 4) is 5.69 Å². The molecule has 2 aliphatic rings. The lowest BCUT2D eigenvalue weighted by molar-refractivity contribution is -0.0299. The number of hydrogen-bond acceptors (Lipinski definition) is 6. The maximum Gasteiger partial charge on any atom is 0.262 e. The van der Waals surface area contributed by atoms with Crippen LogP contribution in [0.3, 0.4) is 0 Å². The standard InChI is InChI=1S/C31H33Cl2N5O4/c1-19-12-23(6-7-24(19)26-16-42-20(2)15-34-26)38-27(33)14-25-28(38)35-18-37(30(25)40)17-31(41)8-10-36(11-9-31)29(39)21-4-3-5-22(32)13-21/h3-7,12-14,18,20,26,34,41H,8-11,15-17H2,1-2H3/t20-,26-/m1/s1. The Hall–Kier alpha value is -3.21. The Labute approximate surface area is 253 Å². The molecule has 220 valence electrons. The fourth-order valence-electron chi connectivity index (χ4n) is 5.93. The summed E-state index contributed by atoms with van der Waals surface area (Å²) in [6.45, 7) is 6.31. The predicted molar refractivity (Wildman–Crippen MR) is 163 cm³/mol. The topological polar surface area (TPSA) is 102 Å². The minimum absolute atomic E-state index is 0.0691. The molecule has 0 saturated carbocycles. The van der Waals surface area contributed by atoms with Gasteiger partial charge in [-0.05, 0) is 74.2 Å². The Bertz CT molecular complexity index is 1700. The van der Waals surface area contributed by atoms with E-state index in [9.17, 15) is 14.7 Å². The molecular weight excluding hydrogens is 577 g/mol. The fourth-order valence-corrected chi connectivity index (χ4v) is 6.40. The lowest BCUT2D eigenvalue weighted by atomic mass is 9.91. The maximum atomic E-state index is 13.5. The monoisotopic (exact) mass is 609 g/mol. The third-order valence-electron chi connectivity index (χ3n) is 8.34. The number of aliphatic hydroxyl groups is 1. The number of aromatic nitrogens is 3. The SMILES string of the molecule is Cc1cc(-n2c(Cl)cc3c(=O)n(CC4(O)CCN(C(=O)c5cccc(Cl)c5)CC4)cnc32)ccc1[C@H]1CO[C@H](C)CN1. The van der Waals surface area contributed by atoms with E-state index in [0.717, 1.165) is 23.4 Å². The molecule has 2 aromatic carbocycles. The number of morpholine rings is 1. The third-order valence-corrected chi connectivity index (χ3v) is 8.86. The van der Waals surface area contributed by atoms with Crippen molar-refractivity contribution in [2.75, 3.05) is 26.2 Å². The van der Waals surface area contributed by atoms with Gasteiger partial charge in [0.15, 0.2) is 5.65 Å². The number of amides is 1. The molecule has 2 saturated heterocycles. The Kier molecular flexibility index (Phi) is 7.89. The van der Waals surface area contributed by atoms with Crippen LogP contribution in [0, 0.1) is 6.92 Å². The first kappa shape index (κ1) is 28.9. The van der Waals surface area contributed by atoms with E-state index in [-0.39, 0.29) is 30.2 Å². The number of ether oxygens (including phenoxy) is 1. The number of fused-ring (bicyclic) bond motifs is 1. The van der Waals surface area contributed by atoms with Crippen molar-refractivity contribution in [1.82, 2.24) is 24.3 Å². The average Bonchev–Trinajstić information content (AvgIpc) is 3.31. The van der Waals surface area contributed by atoms with Crippen molar-refractivity contribution in [3.05, 3.63) is 92.1 Å². The molecule has 2 fully saturated rings. The number of carbonyl (C=O) groups is 1. The van der Waals surface area contributed by atoms with E-state index in [2.05, 4.69) is 23.3 Å². The fraction of sp³-hybridized carbons (Fsp3) is 0.387. The van der Waals surface area contributed by atoms with Crippen LogP contribution in [0.25, 0.3) is 16.7 Å². The maximum absolute atomic E-state index is 13.5.